The van der Waals surface area contributed by atoms with Crippen LogP contribution in [0.4, 0.5) is 11.5 Å². The number of hydrogen-bond acceptors (Lipinski definition) is 4. The van der Waals surface area contributed by atoms with Gasteiger partial charge in [0.25, 0.3) is 5.69 Å². The number of nitro benzene ring substituents is 1. The Bertz CT molecular complexity index is 598. The highest BCUT2D eigenvalue weighted by atomic mass is 35.5. The summed E-state index contributed by atoms with van der Waals surface area (Å²) in [5, 5.41) is 11.8. The molecule has 82 valence electrons. The summed E-state index contributed by atoms with van der Waals surface area (Å²) in [6, 6.07) is 4.51. The molecule has 0 radical (unpaired) electrons. The third-order valence-electron chi connectivity index (χ3n) is 2.34. The molecule has 1 heterocycles. The van der Waals surface area contributed by atoms with Crippen molar-refractivity contribution in [3.8, 4) is 0 Å². The van der Waals surface area contributed by atoms with Gasteiger partial charge in [0.2, 0.25) is 0 Å². The highest BCUT2D eigenvalue weighted by Crippen LogP contribution is 2.31. The van der Waals surface area contributed by atoms with Crippen molar-refractivity contribution in [1.29, 1.82) is 0 Å². The maximum absolute atomic E-state index is 10.8. The van der Waals surface area contributed by atoms with E-state index >= 15 is 0 Å². The number of pyridine rings is 1. The minimum Gasteiger partial charge on any atom is -0.383 e. The van der Waals surface area contributed by atoms with Crippen molar-refractivity contribution >= 4 is 34.0 Å². The molecule has 0 amide bonds. The lowest BCUT2D eigenvalue weighted by molar-refractivity contribution is -0.383. The number of benzene rings is 1. The zero-order valence-electron chi connectivity index (χ0n) is 8.40. The molecule has 0 atom stereocenters. The average Bonchev–Trinajstić information content (AvgIpc) is 2.21. The molecule has 0 spiro atoms. The van der Waals surface area contributed by atoms with Crippen LogP contribution in [0.15, 0.2) is 18.2 Å². The number of non-ortho nitro benzene ring substituents is 1. The summed E-state index contributed by atoms with van der Waals surface area (Å²) >= 11 is 5.95. The Labute approximate surface area is 96.0 Å². The molecular weight excluding hydrogens is 230 g/mol. The van der Waals surface area contributed by atoms with E-state index in [4.69, 9.17) is 17.3 Å². The molecule has 0 fully saturated rings. The van der Waals surface area contributed by atoms with Crippen LogP contribution < -0.4 is 5.73 Å². The SMILES string of the molecule is Cc1cc2c(Cl)ccc([N+](=O)[O-])c2nc1N. The fourth-order valence-corrected chi connectivity index (χ4v) is 1.68. The van der Waals surface area contributed by atoms with Crippen molar-refractivity contribution in [2.24, 2.45) is 0 Å². The number of aromatic nitrogens is 1. The first-order valence-corrected chi connectivity index (χ1v) is 4.88. The largest absolute Gasteiger partial charge is 0.383 e. The van der Waals surface area contributed by atoms with Crippen LogP contribution in [-0.4, -0.2) is 9.91 Å². The Morgan fingerprint density at radius 2 is 2.19 bits per heavy atom. The molecule has 0 aliphatic heterocycles. The molecule has 0 saturated carbocycles. The fourth-order valence-electron chi connectivity index (χ4n) is 1.47. The Morgan fingerprint density at radius 3 is 2.81 bits per heavy atom. The summed E-state index contributed by atoms with van der Waals surface area (Å²) in [4.78, 5) is 14.3. The third-order valence-corrected chi connectivity index (χ3v) is 2.67. The van der Waals surface area contributed by atoms with Gasteiger partial charge < -0.3 is 5.73 Å². The van der Waals surface area contributed by atoms with Gasteiger partial charge in [-0.15, -0.1) is 0 Å². The molecule has 5 nitrogen and oxygen atoms in total. The van der Waals surface area contributed by atoms with Crippen LogP contribution in [0.5, 0.6) is 0 Å². The van der Waals surface area contributed by atoms with Crippen LogP contribution >= 0.6 is 11.6 Å². The second kappa shape index (κ2) is 3.61. The summed E-state index contributed by atoms with van der Waals surface area (Å²) in [5.41, 5.74) is 6.50. The summed E-state index contributed by atoms with van der Waals surface area (Å²) in [6.07, 6.45) is 0. The van der Waals surface area contributed by atoms with Gasteiger partial charge in [-0.25, -0.2) is 4.98 Å². The molecule has 6 heteroatoms. The minimum atomic E-state index is -0.500. The number of nitro groups is 1. The lowest BCUT2D eigenvalue weighted by atomic mass is 10.1. The first-order valence-electron chi connectivity index (χ1n) is 4.50. The lowest BCUT2D eigenvalue weighted by Gasteiger charge is -2.04. The van der Waals surface area contributed by atoms with Crippen LogP contribution in [0.25, 0.3) is 10.9 Å². The van der Waals surface area contributed by atoms with E-state index in [1.54, 1.807) is 13.0 Å². The van der Waals surface area contributed by atoms with Crippen LogP contribution in [-0.2, 0) is 0 Å². The van der Waals surface area contributed by atoms with Crippen molar-refractivity contribution < 1.29 is 4.92 Å². The van der Waals surface area contributed by atoms with Crippen molar-refractivity contribution in [2.75, 3.05) is 5.73 Å². The molecule has 1 aromatic heterocycles. The molecule has 2 N–H and O–H groups in total. The molecule has 0 aliphatic carbocycles. The zero-order chi connectivity index (χ0) is 11.9. The van der Waals surface area contributed by atoms with E-state index in [9.17, 15) is 10.1 Å². The topological polar surface area (TPSA) is 82.0 Å². The van der Waals surface area contributed by atoms with Gasteiger partial charge >= 0.3 is 0 Å². The maximum atomic E-state index is 10.8. The van der Waals surface area contributed by atoms with E-state index in [0.29, 0.717) is 10.4 Å². The van der Waals surface area contributed by atoms with E-state index in [1.807, 2.05) is 0 Å². The molecular formula is C10H8ClN3O2. The van der Waals surface area contributed by atoms with Gasteiger partial charge in [0.05, 0.1) is 9.95 Å². The number of anilines is 1. The van der Waals surface area contributed by atoms with Gasteiger partial charge in [0, 0.05) is 11.5 Å². The number of nitrogens with zero attached hydrogens (tertiary/aromatic N) is 2. The molecule has 0 aliphatic rings. The van der Waals surface area contributed by atoms with Crippen molar-refractivity contribution in [3.63, 3.8) is 0 Å². The third kappa shape index (κ3) is 1.55. The van der Waals surface area contributed by atoms with Crippen molar-refractivity contribution in [2.45, 2.75) is 6.92 Å². The summed E-state index contributed by atoms with van der Waals surface area (Å²) in [7, 11) is 0. The number of nitrogens with two attached hydrogens (primary N) is 1. The van der Waals surface area contributed by atoms with Gasteiger partial charge in [-0.2, -0.15) is 0 Å². The normalized spacial score (nSPS) is 10.6. The van der Waals surface area contributed by atoms with E-state index < -0.39 is 4.92 Å². The summed E-state index contributed by atoms with van der Waals surface area (Å²) in [6.45, 7) is 1.77. The van der Waals surface area contributed by atoms with E-state index in [2.05, 4.69) is 4.98 Å². The van der Waals surface area contributed by atoms with Gasteiger partial charge in [0.15, 0.2) is 5.52 Å². The quantitative estimate of drug-likeness (QED) is 0.611. The number of hydrogen-bond donors (Lipinski definition) is 1. The van der Waals surface area contributed by atoms with Crippen molar-refractivity contribution in [3.05, 3.63) is 38.9 Å². The molecule has 0 bridgehead atoms. The molecule has 2 rings (SSSR count). The first-order chi connectivity index (χ1) is 7.50. The Balaban J connectivity index is 2.93. The van der Waals surface area contributed by atoms with Crippen molar-refractivity contribution in [1.82, 2.24) is 4.98 Å². The Hall–Kier alpha value is -1.88. The van der Waals surface area contributed by atoms with E-state index in [1.165, 1.54) is 12.1 Å². The minimum absolute atomic E-state index is 0.0916. The smallest absolute Gasteiger partial charge is 0.295 e. The van der Waals surface area contributed by atoms with Gasteiger partial charge in [-0.05, 0) is 24.6 Å². The zero-order valence-corrected chi connectivity index (χ0v) is 9.15. The number of fused-ring (bicyclic) bond motifs is 1. The van der Waals surface area contributed by atoms with Crippen LogP contribution in [0, 0.1) is 17.0 Å². The predicted octanol–water partition coefficient (Wildman–Crippen LogP) is 2.69. The molecule has 0 unspecified atom stereocenters. The van der Waals surface area contributed by atoms with E-state index in [0.717, 1.165) is 5.56 Å². The fraction of sp³-hybridized carbons (Fsp3) is 0.100. The summed E-state index contributed by atoms with van der Waals surface area (Å²) < 4.78 is 0. The number of rotatable bonds is 1. The second-order valence-corrected chi connectivity index (χ2v) is 3.82. The highest BCUT2D eigenvalue weighted by Gasteiger charge is 2.16. The Kier molecular flexibility index (Phi) is 2.40. The van der Waals surface area contributed by atoms with Crippen LogP contribution in [0.2, 0.25) is 5.02 Å². The lowest BCUT2D eigenvalue weighted by Crippen LogP contribution is -1.98. The van der Waals surface area contributed by atoms with E-state index in [-0.39, 0.29) is 17.0 Å². The summed E-state index contributed by atoms with van der Waals surface area (Å²) in [5.74, 6) is 0.276. The second-order valence-electron chi connectivity index (χ2n) is 3.41. The average molecular weight is 238 g/mol. The number of nitrogen functional groups attached to an aromatic ring is 1. The van der Waals surface area contributed by atoms with Crippen LogP contribution in [0.3, 0.4) is 0 Å². The standard InChI is InChI=1S/C10H8ClN3O2/c1-5-4-6-7(11)2-3-8(14(15)16)9(6)13-10(5)12/h2-4H,1H3,(H2,12,13). The van der Waals surface area contributed by atoms with Gasteiger partial charge in [-0.1, -0.05) is 11.6 Å². The van der Waals surface area contributed by atoms with Gasteiger partial charge in [0.1, 0.15) is 5.82 Å². The molecule has 2 aromatic rings. The predicted molar refractivity (Wildman–Crippen MR) is 62.6 cm³/mol. The number of aryl methyl sites for hydroxylation is 1. The molecule has 16 heavy (non-hydrogen) atoms. The van der Waals surface area contributed by atoms with Gasteiger partial charge in [-0.3, -0.25) is 10.1 Å². The number of halogens is 1. The molecule has 1 aromatic carbocycles. The monoisotopic (exact) mass is 237 g/mol. The highest BCUT2D eigenvalue weighted by molar-refractivity contribution is 6.35. The van der Waals surface area contributed by atoms with Crippen LogP contribution in [0.1, 0.15) is 5.56 Å². The first kappa shape index (κ1) is 10.6. The Morgan fingerprint density at radius 1 is 1.50 bits per heavy atom. The maximum Gasteiger partial charge on any atom is 0.295 e. The molecule has 0 saturated heterocycles.